The topological polar surface area (TPSA) is 105 Å². The van der Waals surface area contributed by atoms with E-state index in [2.05, 4.69) is 11.4 Å². The van der Waals surface area contributed by atoms with Crippen LogP contribution in [0, 0.1) is 17.2 Å². The van der Waals surface area contributed by atoms with Crippen LogP contribution in [0.2, 0.25) is 10.0 Å². The van der Waals surface area contributed by atoms with Crippen LogP contribution in [0.15, 0.2) is 53.1 Å². The van der Waals surface area contributed by atoms with Gasteiger partial charge in [-0.15, -0.1) is 11.8 Å². The normalized spacial score (nSPS) is 17.7. The minimum Gasteiger partial charge on any atom is -0.468 e. The Morgan fingerprint density at radius 1 is 1.12 bits per heavy atom. The number of rotatable bonds is 6. The molecule has 2 atom stereocenters. The van der Waals surface area contributed by atoms with Crippen molar-refractivity contribution >= 4 is 52.8 Å². The van der Waals surface area contributed by atoms with Gasteiger partial charge in [0.1, 0.15) is 5.92 Å². The Morgan fingerprint density at radius 2 is 1.82 bits per heavy atom. The van der Waals surface area contributed by atoms with Crippen LogP contribution in [0.4, 0.5) is 0 Å². The number of carbonyl (C=O) groups is 3. The molecule has 1 N–H and O–H groups in total. The molecule has 0 saturated heterocycles. The number of amides is 1. The second-order valence-electron chi connectivity index (χ2n) is 6.96. The van der Waals surface area contributed by atoms with E-state index in [1.807, 2.05) is 0 Å². The van der Waals surface area contributed by atoms with E-state index >= 15 is 0 Å². The van der Waals surface area contributed by atoms with E-state index < -0.39 is 29.7 Å². The summed E-state index contributed by atoms with van der Waals surface area (Å²) in [4.78, 5) is 37.2. The molecule has 170 valence electrons. The molecular formula is C23H18Cl2N2O5S. The Balaban J connectivity index is 2.02. The van der Waals surface area contributed by atoms with E-state index in [9.17, 15) is 19.6 Å². The summed E-state index contributed by atoms with van der Waals surface area (Å²) in [5, 5.41) is 13.9. The van der Waals surface area contributed by atoms with E-state index in [1.54, 1.807) is 30.3 Å². The lowest BCUT2D eigenvalue weighted by Crippen LogP contribution is -2.44. The summed E-state index contributed by atoms with van der Waals surface area (Å²) in [5.74, 6) is -3.70. The summed E-state index contributed by atoms with van der Waals surface area (Å²) < 4.78 is 9.54. The van der Waals surface area contributed by atoms with Crippen molar-refractivity contribution in [2.24, 2.45) is 5.92 Å². The SMILES string of the molecule is COC(=O)c1ccc([C@@H]2C(C#N)=C(SCc3ccc(Cl)cc3Cl)NC(=O)[C@H]2C(=O)OC)cc1. The van der Waals surface area contributed by atoms with Crippen molar-refractivity contribution in [2.45, 2.75) is 11.7 Å². The average Bonchev–Trinajstić information content (AvgIpc) is 2.82. The van der Waals surface area contributed by atoms with Crippen molar-refractivity contribution < 1.29 is 23.9 Å². The lowest BCUT2D eigenvalue weighted by molar-refractivity contribution is -0.150. The first kappa shape index (κ1) is 24.6. The number of nitriles is 1. The van der Waals surface area contributed by atoms with Crippen LogP contribution in [-0.4, -0.2) is 32.1 Å². The predicted molar refractivity (Wildman–Crippen MR) is 125 cm³/mol. The third-order valence-electron chi connectivity index (χ3n) is 5.06. The first-order valence-corrected chi connectivity index (χ1v) is 11.3. The standard InChI is InChI=1S/C23H18Cl2N2O5S/c1-31-22(29)13-5-3-12(4-6-13)18-16(10-26)21(27-20(28)19(18)23(30)32-2)33-11-14-7-8-15(24)9-17(14)25/h3-9,18-19H,11H2,1-2H3,(H,27,28)/t18-,19+/m1/s1. The Hall–Kier alpha value is -2.99. The highest BCUT2D eigenvalue weighted by molar-refractivity contribution is 8.02. The van der Waals surface area contributed by atoms with Gasteiger partial charge in [0.15, 0.2) is 0 Å². The number of hydrogen-bond acceptors (Lipinski definition) is 7. The van der Waals surface area contributed by atoms with Gasteiger partial charge in [-0.05, 0) is 35.4 Å². The molecule has 1 aliphatic rings. The minimum absolute atomic E-state index is 0.200. The number of thioether (sulfide) groups is 1. The maximum Gasteiger partial charge on any atom is 0.337 e. The molecule has 33 heavy (non-hydrogen) atoms. The highest BCUT2D eigenvalue weighted by atomic mass is 35.5. The predicted octanol–water partition coefficient (Wildman–Crippen LogP) is 4.45. The fourth-order valence-electron chi connectivity index (χ4n) is 3.41. The first-order valence-electron chi connectivity index (χ1n) is 9.58. The van der Waals surface area contributed by atoms with Gasteiger partial charge in [0.25, 0.3) is 0 Å². The van der Waals surface area contributed by atoms with Crippen molar-refractivity contribution in [3.63, 3.8) is 0 Å². The van der Waals surface area contributed by atoms with E-state index in [0.29, 0.717) is 32.0 Å². The van der Waals surface area contributed by atoms with Gasteiger partial charge in [0, 0.05) is 21.7 Å². The Kier molecular flexibility index (Phi) is 8.03. The van der Waals surface area contributed by atoms with Crippen molar-refractivity contribution in [3.8, 4) is 6.07 Å². The number of ether oxygens (including phenoxy) is 2. The molecule has 2 aromatic carbocycles. The zero-order valence-corrected chi connectivity index (χ0v) is 19.9. The maximum absolute atomic E-state index is 12.9. The second kappa shape index (κ2) is 10.8. The van der Waals surface area contributed by atoms with Crippen molar-refractivity contribution in [2.75, 3.05) is 14.2 Å². The summed E-state index contributed by atoms with van der Waals surface area (Å²) >= 11 is 13.4. The molecule has 0 aromatic heterocycles. The molecule has 7 nitrogen and oxygen atoms in total. The quantitative estimate of drug-likeness (QED) is 0.457. The molecule has 3 rings (SSSR count). The van der Waals surface area contributed by atoms with Crippen LogP contribution in [0.1, 0.15) is 27.4 Å². The van der Waals surface area contributed by atoms with Crippen LogP contribution in [0.25, 0.3) is 0 Å². The summed E-state index contributed by atoms with van der Waals surface area (Å²) in [6.45, 7) is 0. The number of nitrogens with one attached hydrogen (secondary N) is 1. The number of halogens is 2. The van der Waals surface area contributed by atoms with Gasteiger partial charge in [0.05, 0.1) is 36.5 Å². The lowest BCUT2D eigenvalue weighted by Gasteiger charge is -2.31. The second-order valence-corrected chi connectivity index (χ2v) is 8.79. The zero-order valence-electron chi connectivity index (χ0n) is 17.6. The average molecular weight is 505 g/mol. The molecule has 0 saturated carbocycles. The molecular weight excluding hydrogens is 487 g/mol. The summed E-state index contributed by atoms with van der Waals surface area (Å²) in [7, 11) is 2.44. The van der Waals surface area contributed by atoms with Gasteiger partial charge < -0.3 is 14.8 Å². The third-order valence-corrected chi connectivity index (χ3v) is 6.71. The Bertz CT molecular complexity index is 1170. The maximum atomic E-state index is 12.9. The lowest BCUT2D eigenvalue weighted by atomic mass is 9.78. The monoisotopic (exact) mass is 504 g/mol. The van der Waals surface area contributed by atoms with Crippen molar-refractivity contribution in [1.29, 1.82) is 5.26 Å². The highest BCUT2D eigenvalue weighted by Gasteiger charge is 2.44. The number of esters is 2. The number of carbonyl (C=O) groups excluding carboxylic acids is 3. The molecule has 0 aliphatic carbocycles. The van der Waals surface area contributed by atoms with Crippen molar-refractivity contribution in [1.82, 2.24) is 5.32 Å². The molecule has 0 spiro atoms. The number of allylic oxidation sites excluding steroid dienone is 1. The van der Waals surface area contributed by atoms with Crippen molar-refractivity contribution in [3.05, 3.63) is 79.8 Å². The van der Waals surface area contributed by atoms with E-state index in [0.717, 1.165) is 5.56 Å². The smallest absolute Gasteiger partial charge is 0.337 e. The fourth-order valence-corrected chi connectivity index (χ4v) is 5.02. The largest absolute Gasteiger partial charge is 0.468 e. The van der Waals surface area contributed by atoms with Gasteiger partial charge in [-0.1, -0.05) is 41.4 Å². The third kappa shape index (κ3) is 5.33. The zero-order chi connectivity index (χ0) is 24.1. The first-order chi connectivity index (χ1) is 15.8. The van der Waals surface area contributed by atoms with Gasteiger partial charge in [0.2, 0.25) is 5.91 Å². The van der Waals surface area contributed by atoms with Crippen LogP contribution < -0.4 is 5.32 Å². The molecule has 0 unspecified atom stereocenters. The summed E-state index contributed by atoms with van der Waals surface area (Å²) in [6.07, 6.45) is 0. The fraction of sp³-hybridized carbons (Fsp3) is 0.217. The van der Waals surface area contributed by atoms with E-state index in [1.165, 1.54) is 38.1 Å². The number of benzene rings is 2. The molecule has 1 heterocycles. The Morgan fingerprint density at radius 3 is 2.39 bits per heavy atom. The molecule has 2 aromatic rings. The van der Waals surface area contributed by atoms with Gasteiger partial charge >= 0.3 is 11.9 Å². The number of hydrogen-bond donors (Lipinski definition) is 1. The van der Waals surface area contributed by atoms with Crippen LogP contribution in [0.3, 0.4) is 0 Å². The van der Waals surface area contributed by atoms with Gasteiger partial charge in [-0.3, -0.25) is 9.59 Å². The number of methoxy groups -OCH3 is 2. The highest BCUT2D eigenvalue weighted by Crippen LogP contribution is 2.41. The van der Waals surface area contributed by atoms with Crippen LogP contribution >= 0.6 is 35.0 Å². The molecule has 1 amide bonds. The van der Waals surface area contributed by atoms with E-state index in [4.69, 9.17) is 32.7 Å². The molecule has 0 bridgehead atoms. The molecule has 1 aliphatic heterocycles. The molecule has 0 radical (unpaired) electrons. The Labute approximate surface area is 204 Å². The van der Waals surface area contributed by atoms with E-state index in [-0.39, 0.29) is 5.57 Å². The molecule has 10 heteroatoms. The summed E-state index contributed by atoms with van der Waals surface area (Å²) in [5.41, 5.74) is 1.77. The summed E-state index contributed by atoms with van der Waals surface area (Å²) in [6, 6.07) is 13.4. The van der Waals surface area contributed by atoms with Crippen LogP contribution in [0.5, 0.6) is 0 Å². The van der Waals surface area contributed by atoms with Crippen LogP contribution in [-0.2, 0) is 24.8 Å². The van der Waals surface area contributed by atoms with Gasteiger partial charge in [-0.2, -0.15) is 5.26 Å². The number of nitrogens with zero attached hydrogens (tertiary/aromatic N) is 1. The van der Waals surface area contributed by atoms with Gasteiger partial charge in [-0.25, -0.2) is 4.79 Å². The minimum atomic E-state index is -1.27. The molecule has 0 fully saturated rings.